The van der Waals surface area contributed by atoms with Crippen LogP contribution in [0.5, 0.6) is 11.5 Å². The van der Waals surface area contributed by atoms with Crippen LogP contribution in [0.25, 0.3) is 0 Å². The molecule has 0 saturated heterocycles. The van der Waals surface area contributed by atoms with Crippen molar-refractivity contribution in [3.8, 4) is 11.5 Å². The van der Waals surface area contributed by atoms with Crippen molar-refractivity contribution < 1.29 is 22.7 Å². The van der Waals surface area contributed by atoms with Crippen molar-refractivity contribution in [1.29, 1.82) is 0 Å². The van der Waals surface area contributed by atoms with Gasteiger partial charge in [-0.1, -0.05) is 42.0 Å². The number of rotatable bonds is 7. The van der Waals surface area contributed by atoms with Crippen LogP contribution in [0.15, 0.2) is 77.7 Å². The molecule has 0 fully saturated rings. The number of carbonyl (C=O) groups is 1. The van der Waals surface area contributed by atoms with E-state index in [0.29, 0.717) is 30.4 Å². The van der Waals surface area contributed by atoms with E-state index in [9.17, 15) is 13.2 Å². The topological polar surface area (TPSA) is 84.9 Å². The normalized spacial score (nSPS) is 13.8. The minimum atomic E-state index is -3.94. The molecule has 0 radical (unpaired) electrons. The van der Waals surface area contributed by atoms with Crippen molar-refractivity contribution in [2.45, 2.75) is 24.8 Å². The second-order valence-electron chi connectivity index (χ2n) is 7.85. The van der Waals surface area contributed by atoms with Crippen LogP contribution in [-0.2, 0) is 14.8 Å². The van der Waals surface area contributed by atoms with Crippen molar-refractivity contribution in [2.75, 3.05) is 24.1 Å². The van der Waals surface area contributed by atoms with Crippen LogP contribution >= 0.6 is 0 Å². The van der Waals surface area contributed by atoms with Gasteiger partial charge in [-0.2, -0.15) is 0 Å². The molecular formula is C25H26N2O5S. The van der Waals surface area contributed by atoms with Crippen molar-refractivity contribution in [3.05, 3.63) is 83.9 Å². The Morgan fingerprint density at radius 1 is 0.970 bits per heavy atom. The van der Waals surface area contributed by atoms with Gasteiger partial charge in [0.05, 0.1) is 16.6 Å². The lowest BCUT2D eigenvalue weighted by Gasteiger charge is -2.25. The predicted octanol–water partition coefficient (Wildman–Crippen LogP) is 3.84. The molecule has 0 bridgehead atoms. The Kier molecular flexibility index (Phi) is 6.55. The minimum absolute atomic E-state index is 0.129. The van der Waals surface area contributed by atoms with Gasteiger partial charge in [-0.15, -0.1) is 0 Å². The smallest absolute Gasteiger partial charge is 0.264 e. The molecule has 1 atom stereocenters. The molecule has 172 valence electrons. The Hall–Kier alpha value is -3.52. The lowest BCUT2D eigenvalue weighted by atomic mass is 10.1. The Labute approximate surface area is 194 Å². The van der Waals surface area contributed by atoms with Gasteiger partial charge in [-0.25, -0.2) is 8.42 Å². The van der Waals surface area contributed by atoms with E-state index in [1.807, 2.05) is 32.0 Å². The third kappa shape index (κ3) is 5.12. The molecule has 1 aliphatic rings. The summed E-state index contributed by atoms with van der Waals surface area (Å²) in [6.45, 7) is 4.35. The first-order valence-electron chi connectivity index (χ1n) is 10.7. The van der Waals surface area contributed by atoms with Gasteiger partial charge < -0.3 is 14.8 Å². The largest absolute Gasteiger partial charge is 0.486 e. The molecule has 0 aromatic heterocycles. The van der Waals surface area contributed by atoms with E-state index >= 15 is 0 Å². The predicted molar refractivity (Wildman–Crippen MR) is 126 cm³/mol. The summed E-state index contributed by atoms with van der Waals surface area (Å²) in [4.78, 5) is 13.1. The summed E-state index contributed by atoms with van der Waals surface area (Å²) in [6.07, 6.45) is 0. The maximum atomic E-state index is 13.4. The number of aryl methyl sites for hydroxylation is 1. The lowest BCUT2D eigenvalue weighted by Crippen LogP contribution is -2.41. The van der Waals surface area contributed by atoms with Gasteiger partial charge in [-0.05, 0) is 55.8 Å². The number of amides is 1. The number of hydrogen-bond donors (Lipinski definition) is 1. The van der Waals surface area contributed by atoms with Crippen LogP contribution in [-0.4, -0.2) is 34.1 Å². The standard InChI is InChI=1S/C25H26N2O5S/c1-18-8-11-22(12-9-18)33(29,30)27(21-6-4-3-5-7-21)17-25(28)26-19(2)20-10-13-23-24(16-20)32-15-14-31-23/h3-13,16,19H,14-15,17H2,1-2H3,(H,26,28)/t19-/m0/s1. The van der Waals surface area contributed by atoms with Crippen LogP contribution in [0, 0.1) is 6.92 Å². The highest BCUT2D eigenvalue weighted by atomic mass is 32.2. The number of nitrogens with zero attached hydrogens (tertiary/aromatic N) is 1. The maximum absolute atomic E-state index is 13.4. The van der Waals surface area contributed by atoms with Gasteiger partial charge >= 0.3 is 0 Å². The zero-order valence-electron chi connectivity index (χ0n) is 18.5. The van der Waals surface area contributed by atoms with E-state index in [1.54, 1.807) is 54.6 Å². The summed E-state index contributed by atoms with van der Waals surface area (Å²) in [7, 11) is -3.94. The quantitative estimate of drug-likeness (QED) is 0.572. The highest BCUT2D eigenvalue weighted by Crippen LogP contribution is 2.32. The SMILES string of the molecule is Cc1ccc(S(=O)(=O)N(CC(=O)N[C@@H](C)c2ccc3c(c2)OCCO3)c2ccccc2)cc1. The number of anilines is 1. The number of fused-ring (bicyclic) bond motifs is 1. The summed E-state index contributed by atoms with van der Waals surface area (Å²) in [5.74, 6) is 0.882. The second kappa shape index (κ2) is 9.54. The summed E-state index contributed by atoms with van der Waals surface area (Å²) in [5.41, 5.74) is 2.20. The number of ether oxygens (including phenoxy) is 2. The van der Waals surface area contributed by atoms with Crippen molar-refractivity contribution >= 4 is 21.6 Å². The molecule has 8 heteroatoms. The Balaban J connectivity index is 1.55. The van der Waals surface area contributed by atoms with Crippen molar-refractivity contribution in [2.24, 2.45) is 0 Å². The number of benzene rings is 3. The molecular weight excluding hydrogens is 440 g/mol. The zero-order valence-corrected chi connectivity index (χ0v) is 19.3. The molecule has 0 spiro atoms. The first kappa shape index (κ1) is 22.7. The first-order chi connectivity index (χ1) is 15.8. The Morgan fingerprint density at radius 3 is 2.33 bits per heavy atom. The zero-order chi connectivity index (χ0) is 23.4. The van der Waals surface area contributed by atoms with E-state index < -0.39 is 15.9 Å². The molecule has 3 aromatic rings. The van der Waals surface area contributed by atoms with Crippen LogP contribution in [0.1, 0.15) is 24.1 Å². The summed E-state index contributed by atoms with van der Waals surface area (Å²) < 4.78 is 39.1. The molecule has 1 amide bonds. The number of hydrogen-bond acceptors (Lipinski definition) is 5. The number of sulfonamides is 1. The van der Waals surface area contributed by atoms with Crippen molar-refractivity contribution in [3.63, 3.8) is 0 Å². The molecule has 1 N–H and O–H groups in total. The fourth-order valence-corrected chi connectivity index (χ4v) is 5.00. The monoisotopic (exact) mass is 466 g/mol. The fourth-order valence-electron chi connectivity index (χ4n) is 3.58. The number of para-hydroxylation sites is 1. The average Bonchev–Trinajstić information content (AvgIpc) is 2.83. The van der Waals surface area contributed by atoms with Gasteiger partial charge in [0.15, 0.2) is 11.5 Å². The molecule has 1 heterocycles. The maximum Gasteiger partial charge on any atom is 0.264 e. The number of nitrogens with one attached hydrogen (secondary N) is 1. The van der Waals surface area contributed by atoms with Crippen LogP contribution < -0.4 is 19.1 Å². The molecule has 33 heavy (non-hydrogen) atoms. The molecule has 0 unspecified atom stereocenters. The molecule has 4 rings (SSSR count). The Bertz CT molecular complexity index is 1230. The van der Waals surface area contributed by atoms with Crippen LogP contribution in [0.2, 0.25) is 0 Å². The van der Waals surface area contributed by atoms with Gasteiger partial charge in [0.25, 0.3) is 10.0 Å². The van der Waals surface area contributed by atoms with E-state index in [0.717, 1.165) is 15.4 Å². The summed E-state index contributed by atoms with van der Waals surface area (Å²) in [6, 6.07) is 20.3. The third-order valence-electron chi connectivity index (χ3n) is 5.38. The number of carbonyl (C=O) groups excluding carboxylic acids is 1. The molecule has 7 nitrogen and oxygen atoms in total. The van der Waals surface area contributed by atoms with Crippen LogP contribution in [0.4, 0.5) is 5.69 Å². The lowest BCUT2D eigenvalue weighted by molar-refractivity contribution is -0.120. The van der Waals surface area contributed by atoms with Crippen molar-refractivity contribution in [1.82, 2.24) is 5.32 Å². The summed E-state index contributed by atoms with van der Waals surface area (Å²) >= 11 is 0. The molecule has 3 aromatic carbocycles. The highest BCUT2D eigenvalue weighted by Gasteiger charge is 2.27. The van der Waals surface area contributed by atoms with E-state index in [1.165, 1.54) is 0 Å². The van der Waals surface area contributed by atoms with Gasteiger partial charge in [0.2, 0.25) is 5.91 Å². The second-order valence-corrected chi connectivity index (χ2v) is 9.71. The minimum Gasteiger partial charge on any atom is -0.486 e. The highest BCUT2D eigenvalue weighted by molar-refractivity contribution is 7.92. The van der Waals surface area contributed by atoms with E-state index in [-0.39, 0.29) is 17.5 Å². The van der Waals surface area contributed by atoms with Gasteiger partial charge in [0.1, 0.15) is 19.8 Å². The van der Waals surface area contributed by atoms with Crippen LogP contribution in [0.3, 0.4) is 0 Å². The third-order valence-corrected chi connectivity index (χ3v) is 7.17. The Morgan fingerprint density at radius 2 is 1.64 bits per heavy atom. The summed E-state index contributed by atoms with van der Waals surface area (Å²) in [5, 5.41) is 2.89. The fraction of sp³-hybridized carbons (Fsp3) is 0.240. The molecule has 1 aliphatic heterocycles. The average molecular weight is 467 g/mol. The van der Waals surface area contributed by atoms with Gasteiger partial charge in [0, 0.05) is 0 Å². The molecule has 0 aliphatic carbocycles. The molecule has 0 saturated carbocycles. The first-order valence-corrected chi connectivity index (χ1v) is 12.1. The van der Waals surface area contributed by atoms with Gasteiger partial charge in [-0.3, -0.25) is 9.10 Å². The van der Waals surface area contributed by atoms with E-state index in [4.69, 9.17) is 9.47 Å². The van der Waals surface area contributed by atoms with E-state index in [2.05, 4.69) is 5.32 Å².